The topological polar surface area (TPSA) is 92.0 Å². The molecule has 0 atom stereocenters. The zero-order chi connectivity index (χ0) is 22.3. The SMILES string of the molecule is COCCN(CC(=O)N1CCN(C(=O)c2cccs2)CC1)Cc1nnc(-c2cccs2)o1. The van der Waals surface area contributed by atoms with Gasteiger partial charge >= 0.3 is 0 Å². The summed E-state index contributed by atoms with van der Waals surface area (Å²) < 4.78 is 11.0. The Balaban J connectivity index is 1.31. The Kier molecular flexibility index (Phi) is 7.63. The second kappa shape index (κ2) is 10.8. The van der Waals surface area contributed by atoms with Crippen LogP contribution in [0.4, 0.5) is 0 Å². The van der Waals surface area contributed by atoms with E-state index in [1.165, 1.54) is 22.7 Å². The Labute approximate surface area is 194 Å². The third kappa shape index (κ3) is 5.60. The molecule has 0 spiro atoms. The minimum atomic E-state index is 0.0160. The van der Waals surface area contributed by atoms with Crippen molar-refractivity contribution in [3.63, 3.8) is 0 Å². The highest BCUT2D eigenvalue weighted by Gasteiger charge is 2.26. The number of thiophene rings is 2. The van der Waals surface area contributed by atoms with Crippen LogP contribution in [0, 0.1) is 0 Å². The molecule has 3 aromatic rings. The second-order valence-electron chi connectivity index (χ2n) is 7.33. The van der Waals surface area contributed by atoms with Crippen LogP contribution in [0.5, 0.6) is 0 Å². The smallest absolute Gasteiger partial charge is 0.264 e. The Morgan fingerprint density at radius 2 is 1.84 bits per heavy atom. The summed E-state index contributed by atoms with van der Waals surface area (Å²) in [7, 11) is 1.63. The van der Waals surface area contributed by atoms with E-state index in [-0.39, 0.29) is 18.4 Å². The van der Waals surface area contributed by atoms with Crippen molar-refractivity contribution in [3.8, 4) is 10.8 Å². The van der Waals surface area contributed by atoms with Gasteiger partial charge in [-0.15, -0.1) is 32.9 Å². The van der Waals surface area contributed by atoms with Crippen LogP contribution in [0.15, 0.2) is 39.4 Å². The lowest BCUT2D eigenvalue weighted by Crippen LogP contribution is -2.52. The molecule has 9 nitrogen and oxygen atoms in total. The Morgan fingerprint density at radius 3 is 2.53 bits per heavy atom. The predicted molar refractivity (Wildman–Crippen MR) is 122 cm³/mol. The maximum atomic E-state index is 12.9. The standard InChI is InChI=1S/C21H25N5O4S2/c1-29-11-10-24(14-18-22-23-20(30-18)16-4-2-12-31-16)15-19(27)25-6-8-26(9-7-25)21(28)17-5-3-13-32-17/h2-5,12-13H,6-11,14-15H2,1H3. The van der Waals surface area contributed by atoms with E-state index in [0.717, 1.165) is 9.75 Å². The molecule has 0 radical (unpaired) electrons. The maximum absolute atomic E-state index is 12.9. The molecule has 170 valence electrons. The Bertz CT molecular complexity index is 998. The first kappa shape index (κ1) is 22.6. The van der Waals surface area contributed by atoms with Gasteiger partial charge in [0.25, 0.3) is 11.8 Å². The summed E-state index contributed by atoms with van der Waals surface area (Å²) in [5.41, 5.74) is 0. The van der Waals surface area contributed by atoms with Crippen LogP contribution >= 0.6 is 22.7 Å². The van der Waals surface area contributed by atoms with Gasteiger partial charge in [-0.3, -0.25) is 14.5 Å². The molecule has 32 heavy (non-hydrogen) atoms. The number of rotatable bonds is 9. The summed E-state index contributed by atoms with van der Waals surface area (Å²) in [6, 6.07) is 7.57. The van der Waals surface area contributed by atoms with Crippen molar-refractivity contribution in [2.75, 3.05) is 53.0 Å². The first-order chi connectivity index (χ1) is 15.6. The molecule has 0 saturated carbocycles. The van der Waals surface area contributed by atoms with Crippen molar-refractivity contribution in [1.82, 2.24) is 24.9 Å². The average Bonchev–Trinajstić information content (AvgIpc) is 3.59. The molecule has 0 aromatic carbocycles. The number of amides is 2. The molecule has 1 aliphatic rings. The third-order valence-corrected chi connectivity index (χ3v) is 6.90. The average molecular weight is 476 g/mol. The minimum Gasteiger partial charge on any atom is -0.419 e. The fourth-order valence-corrected chi connectivity index (χ4v) is 4.78. The highest BCUT2D eigenvalue weighted by Crippen LogP contribution is 2.23. The van der Waals surface area contributed by atoms with E-state index in [1.54, 1.807) is 7.11 Å². The van der Waals surface area contributed by atoms with Gasteiger partial charge in [-0.1, -0.05) is 12.1 Å². The predicted octanol–water partition coefficient (Wildman–Crippen LogP) is 2.29. The van der Waals surface area contributed by atoms with Crippen LogP contribution in [-0.2, 0) is 16.1 Å². The van der Waals surface area contributed by atoms with Crippen LogP contribution < -0.4 is 0 Å². The monoisotopic (exact) mass is 475 g/mol. The summed E-state index contributed by atoms with van der Waals surface area (Å²) >= 11 is 2.97. The number of carbonyl (C=O) groups is 2. The largest absolute Gasteiger partial charge is 0.419 e. The lowest BCUT2D eigenvalue weighted by Gasteiger charge is -2.35. The van der Waals surface area contributed by atoms with Gasteiger partial charge in [0.2, 0.25) is 11.8 Å². The Hall–Kier alpha value is -2.60. The van der Waals surface area contributed by atoms with Gasteiger partial charge in [-0.05, 0) is 22.9 Å². The number of hydrogen-bond acceptors (Lipinski definition) is 9. The van der Waals surface area contributed by atoms with Crippen LogP contribution in [-0.4, -0.2) is 89.7 Å². The summed E-state index contributed by atoms with van der Waals surface area (Å²) in [6.45, 7) is 3.76. The first-order valence-electron chi connectivity index (χ1n) is 10.3. The second-order valence-corrected chi connectivity index (χ2v) is 9.23. The minimum absolute atomic E-state index is 0.0160. The molecule has 0 aliphatic carbocycles. The molecule has 1 saturated heterocycles. The number of ether oxygens (including phenoxy) is 1. The Morgan fingerprint density at radius 1 is 1.09 bits per heavy atom. The lowest BCUT2D eigenvalue weighted by atomic mass is 10.2. The van der Waals surface area contributed by atoms with Gasteiger partial charge in [0.05, 0.1) is 29.5 Å². The van der Waals surface area contributed by atoms with E-state index in [9.17, 15) is 9.59 Å². The fraction of sp³-hybridized carbons (Fsp3) is 0.429. The van der Waals surface area contributed by atoms with Crippen LogP contribution in [0.3, 0.4) is 0 Å². The van der Waals surface area contributed by atoms with Crippen molar-refractivity contribution in [3.05, 3.63) is 45.8 Å². The van der Waals surface area contributed by atoms with Crippen molar-refractivity contribution in [2.45, 2.75) is 6.54 Å². The highest BCUT2D eigenvalue weighted by molar-refractivity contribution is 7.13. The van der Waals surface area contributed by atoms with E-state index in [0.29, 0.717) is 57.7 Å². The zero-order valence-electron chi connectivity index (χ0n) is 17.8. The van der Waals surface area contributed by atoms with E-state index < -0.39 is 0 Å². The highest BCUT2D eigenvalue weighted by atomic mass is 32.1. The molecule has 0 N–H and O–H groups in total. The van der Waals surface area contributed by atoms with Crippen LogP contribution in [0.1, 0.15) is 15.6 Å². The maximum Gasteiger partial charge on any atom is 0.264 e. The lowest BCUT2D eigenvalue weighted by molar-refractivity contribution is -0.134. The zero-order valence-corrected chi connectivity index (χ0v) is 19.4. The molecule has 2 amide bonds. The van der Waals surface area contributed by atoms with Crippen LogP contribution in [0.25, 0.3) is 10.8 Å². The summed E-state index contributed by atoms with van der Waals surface area (Å²) in [4.78, 5) is 32.7. The molecule has 11 heteroatoms. The van der Waals surface area contributed by atoms with E-state index in [2.05, 4.69) is 10.2 Å². The molecule has 1 aliphatic heterocycles. The summed E-state index contributed by atoms with van der Waals surface area (Å²) in [5.74, 6) is 0.997. The molecule has 3 aromatic heterocycles. The molecule has 4 heterocycles. The van der Waals surface area contributed by atoms with Gasteiger partial charge in [0.15, 0.2) is 0 Å². The number of carbonyl (C=O) groups excluding carboxylic acids is 2. The number of methoxy groups -OCH3 is 1. The first-order valence-corrected chi connectivity index (χ1v) is 12.1. The van der Waals surface area contributed by atoms with Gasteiger partial charge in [-0.2, -0.15) is 0 Å². The van der Waals surface area contributed by atoms with E-state index in [1.807, 2.05) is 49.7 Å². The normalized spacial score (nSPS) is 14.3. The molecule has 0 bridgehead atoms. The molecule has 1 fully saturated rings. The number of aromatic nitrogens is 2. The van der Waals surface area contributed by atoms with Crippen molar-refractivity contribution in [2.24, 2.45) is 0 Å². The number of nitrogens with zero attached hydrogens (tertiary/aromatic N) is 5. The van der Waals surface area contributed by atoms with Crippen molar-refractivity contribution >= 4 is 34.5 Å². The van der Waals surface area contributed by atoms with E-state index in [4.69, 9.17) is 9.15 Å². The van der Waals surface area contributed by atoms with Gasteiger partial charge in [0, 0.05) is 39.8 Å². The van der Waals surface area contributed by atoms with Crippen LogP contribution in [0.2, 0.25) is 0 Å². The number of piperazine rings is 1. The quantitative estimate of drug-likeness (QED) is 0.469. The third-order valence-electron chi connectivity index (χ3n) is 5.18. The van der Waals surface area contributed by atoms with Crippen molar-refractivity contribution in [1.29, 1.82) is 0 Å². The number of hydrogen-bond donors (Lipinski definition) is 0. The van der Waals surface area contributed by atoms with E-state index >= 15 is 0 Å². The van der Waals surface area contributed by atoms with Gasteiger partial charge in [0.1, 0.15) is 0 Å². The molecule has 4 rings (SSSR count). The summed E-state index contributed by atoms with van der Waals surface area (Å²) in [5, 5.41) is 12.1. The van der Waals surface area contributed by atoms with Crippen molar-refractivity contribution < 1.29 is 18.7 Å². The fourth-order valence-electron chi connectivity index (χ4n) is 3.45. The van der Waals surface area contributed by atoms with Gasteiger partial charge < -0.3 is 19.0 Å². The molecule has 0 unspecified atom stereocenters. The van der Waals surface area contributed by atoms with Gasteiger partial charge in [-0.25, -0.2) is 0 Å². The summed E-state index contributed by atoms with van der Waals surface area (Å²) in [6.07, 6.45) is 0. The molecular formula is C21H25N5O4S2. The molecular weight excluding hydrogens is 450 g/mol.